The van der Waals surface area contributed by atoms with Gasteiger partial charge >= 0.3 is 0 Å². The highest BCUT2D eigenvalue weighted by atomic mass is 35.5. The maximum atomic E-state index is 10.9. The van der Waals surface area contributed by atoms with Crippen molar-refractivity contribution in [2.75, 3.05) is 26.6 Å². The first kappa shape index (κ1) is 15.6. The standard InChI is InChI=1S/C14H20ClNO3/c1-18-12-7-11(8-13(9-12)19-2)5-3-4-6-16-14(17)10-15/h7-9H,3-6,10H2,1-2H3,(H,16,17). The highest BCUT2D eigenvalue weighted by Crippen LogP contribution is 2.23. The van der Waals surface area contributed by atoms with E-state index in [2.05, 4.69) is 5.32 Å². The van der Waals surface area contributed by atoms with Crippen LogP contribution in [0.1, 0.15) is 18.4 Å². The van der Waals surface area contributed by atoms with E-state index < -0.39 is 0 Å². The molecular formula is C14H20ClNO3. The predicted molar refractivity (Wildman–Crippen MR) is 76.2 cm³/mol. The fraction of sp³-hybridized carbons (Fsp3) is 0.500. The summed E-state index contributed by atoms with van der Waals surface area (Å²) >= 11 is 5.39. The maximum absolute atomic E-state index is 10.9. The van der Waals surface area contributed by atoms with Crippen molar-refractivity contribution >= 4 is 17.5 Å². The van der Waals surface area contributed by atoms with Gasteiger partial charge in [-0.25, -0.2) is 0 Å². The lowest BCUT2D eigenvalue weighted by molar-refractivity contribution is -0.118. The largest absolute Gasteiger partial charge is 0.497 e. The summed E-state index contributed by atoms with van der Waals surface area (Å²) in [6.45, 7) is 0.659. The quantitative estimate of drug-likeness (QED) is 0.589. The van der Waals surface area contributed by atoms with Gasteiger partial charge in [0.15, 0.2) is 0 Å². The van der Waals surface area contributed by atoms with Crippen LogP contribution in [-0.2, 0) is 11.2 Å². The second-order valence-corrected chi connectivity index (χ2v) is 4.43. The number of benzene rings is 1. The molecule has 0 unspecified atom stereocenters. The molecule has 0 saturated heterocycles. The normalized spacial score (nSPS) is 10.1. The molecule has 106 valence electrons. The van der Waals surface area contributed by atoms with Gasteiger partial charge in [-0.2, -0.15) is 0 Å². The molecule has 0 saturated carbocycles. The van der Waals surface area contributed by atoms with Crippen molar-refractivity contribution in [3.63, 3.8) is 0 Å². The van der Waals surface area contributed by atoms with E-state index in [-0.39, 0.29) is 11.8 Å². The summed E-state index contributed by atoms with van der Waals surface area (Å²) in [4.78, 5) is 10.9. The fourth-order valence-corrected chi connectivity index (χ4v) is 1.83. The van der Waals surface area contributed by atoms with Gasteiger partial charge in [-0.3, -0.25) is 4.79 Å². The second kappa shape index (κ2) is 8.64. The molecule has 0 radical (unpaired) electrons. The minimum atomic E-state index is -0.121. The van der Waals surface area contributed by atoms with Gasteiger partial charge in [0.05, 0.1) is 14.2 Å². The number of alkyl halides is 1. The molecule has 0 fully saturated rings. The highest BCUT2D eigenvalue weighted by molar-refractivity contribution is 6.27. The van der Waals surface area contributed by atoms with E-state index >= 15 is 0 Å². The van der Waals surface area contributed by atoms with E-state index in [1.165, 1.54) is 5.56 Å². The molecule has 0 atom stereocenters. The molecule has 0 aliphatic carbocycles. The summed E-state index contributed by atoms with van der Waals surface area (Å²) in [5.74, 6) is 1.49. The number of rotatable bonds is 8. The van der Waals surface area contributed by atoms with Crippen molar-refractivity contribution in [2.24, 2.45) is 0 Å². The molecule has 19 heavy (non-hydrogen) atoms. The second-order valence-electron chi connectivity index (χ2n) is 4.16. The first-order valence-electron chi connectivity index (χ1n) is 6.24. The van der Waals surface area contributed by atoms with E-state index in [9.17, 15) is 4.79 Å². The fourth-order valence-electron chi connectivity index (χ4n) is 1.74. The number of amides is 1. The Morgan fingerprint density at radius 2 is 1.79 bits per heavy atom. The zero-order valence-electron chi connectivity index (χ0n) is 11.4. The molecule has 1 aromatic carbocycles. The van der Waals surface area contributed by atoms with Gasteiger partial charge in [-0.15, -0.1) is 11.6 Å². The van der Waals surface area contributed by atoms with E-state index in [4.69, 9.17) is 21.1 Å². The first-order chi connectivity index (χ1) is 9.19. The maximum Gasteiger partial charge on any atom is 0.234 e. The monoisotopic (exact) mass is 285 g/mol. The van der Waals surface area contributed by atoms with Crippen LogP contribution in [0.2, 0.25) is 0 Å². The molecule has 0 heterocycles. The number of nitrogens with one attached hydrogen (secondary N) is 1. The van der Waals surface area contributed by atoms with E-state index in [1.807, 2.05) is 18.2 Å². The molecule has 1 amide bonds. The summed E-state index contributed by atoms with van der Waals surface area (Å²) < 4.78 is 10.4. The molecular weight excluding hydrogens is 266 g/mol. The zero-order valence-corrected chi connectivity index (χ0v) is 12.1. The molecule has 0 aliphatic rings. The van der Waals surface area contributed by atoms with Gasteiger partial charge in [0, 0.05) is 12.6 Å². The molecule has 0 bridgehead atoms. The third-order valence-electron chi connectivity index (χ3n) is 2.75. The Bertz CT molecular complexity index is 387. The third-order valence-corrected chi connectivity index (χ3v) is 2.99. The van der Waals surface area contributed by atoms with Crippen LogP contribution in [0.25, 0.3) is 0 Å². The minimum absolute atomic E-state index is 0.0209. The van der Waals surface area contributed by atoms with Crippen LogP contribution >= 0.6 is 11.6 Å². The molecule has 4 nitrogen and oxygen atoms in total. The number of carbonyl (C=O) groups excluding carboxylic acids is 1. The SMILES string of the molecule is COc1cc(CCCCNC(=O)CCl)cc(OC)c1. The molecule has 1 aromatic rings. The van der Waals surface area contributed by atoms with Crippen LogP contribution in [0.3, 0.4) is 0 Å². The summed E-state index contributed by atoms with van der Waals surface area (Å²) in [6, 6.07) is 5.85. The summed E-state index contributed by atoms with van der Waals surface area (Å²) in [7, 11) is 3.28. The van der Waals surface area contributed by atoms with Crippen LogP contribution in [0, 0.1) is 0 Å². The lowest BCUT2D eigenvalue weighted by atomic mass is 10.1. The van der Waals surface area contributed by atoms with Gasteiger partial charge < -0.3 is 14.8 Å². The number of hydrogen-bond donors (Lipinski definition) is 1. The average Bonchev–Trinajstić information content (AvgIpc) is 2.46. The Morgan fingerprint density at radius 1 is 1.16 bits per heavy atom. The van der Waals surface area contributed by atoms with E-state index in [0.29, 0.717) is 6.54 Å². The molecule has 1 N–H and O–H groups in total. The summed E-state index contributed by atoms with van der Waals surface area (Å²) in [6.07, 6.45) is 2.82. The van der Waals surface area contributed by atoms with Crippen molar-refractivity contribution < 1.29 is 14.3 Å². The molecule has 0 aliphatic heterocycles. The van der Waals surface area contributed by atoms with Crippen LogP contribution < -0.4 is 14.8 Å². The van der Waals surface area contributed by atoms with Crippen LogP contribution in [0.4, 0.5) is 0 Å². The molecule has 5 heteroatoms. The van der Waals surface area contributed by atoms with E-state index in [0.717, 1.165) is 30.8 Å². The molecule has 0 aromatic heterocycles. The first-order valence-corrected chi connectivity index (χ1v) is 6.77. The van der Waals surface area contributed by atoms with Gasteiger partial charge in [-0.05, 0) is 37.0 Å². The van der Waals surface area contributed by atoms with Crippen molar-refractivity contribution in [3.8, 4) is 11.5 Å². The number of aryl methyl sites for hydroxylation is 1. The van der Waals surface area contributed by atoms with Crippen molar-refractivity contribution in [1.29, 1.82) is 0 Å². The lowest BCUT2D eigenvalue weighted by Crippen LogP contribution is -2.25. The smallest absolute Gasteiger partial charge is 0.234 e. The number of hydrogen-bond acceptors (Lipinski definition) is 3. The highest BCUT2D eigenvalue weighted by Gasteiger charge is 2.02. The average molecular weight is 286 g/mol. The lowest BCUT2D eigenvalue weighted by Gasteiger charge is -2.08. The summed E-state index contributed by atoms with van der Waals surface area (Å²) in [5.41, 5.74) is 1.17. The number of halogens is 1. The molecule has 1 rings (SSSR count). The van der Waals surface area contributed by atoms with E-state index in [1.54, 1.807) is 14.2 Å². The number of unbranched alkanes of at least 4 members (excludes halogenated alkanes) is 1. The van der Waals surface area contributed by atoms with Crippen LogP contribution in [0.5, 0.6) is 11.5 Å². The molecule has 0 spiro atoms. The Kier molecular flexibility index (Phi) is 7.11. The number of carbonyl (C=O) groups is 1. The van der Waals surface area contributed by atoms with Crippen molar-refractivity contribution in [3.05, 3.63) is 23.8 Å². The van der Waals surface area contributed by atoms with Gasteiger partial charge in [0.25, 0.3) is 0 Å². The minimum Gasteiger partial charge on any atom is -0.497 e. The third kappa shape index (κ3) is 5.83. The van der Waals surface area contributed by atoms with Gasteiger partial charge in [0.2, 0.25) is 5.91 Å². The Morgan fingerprint density at radius 3 is 2.32 bits per heavy atom. The van der Waals surface area contributed by atoms with Crippen molar-refractivity contribution in [1.82, 2.24) is 5.32 Å². The van der Waals surface area contributed by atoms with Crippen LogP contribution in [0.15, 0.2) is 18.2 Å². The van der Waals surface area contributed by atoms with Gasteiger partial charge in [0.1, 0.15) is 17.4 Å². The number of ether oxygens (including phenoxy) is 2. The zero-order chi connectivity index (χ0) is 14.1. The van der Waals surface area contributed by atoms with Gasteiger partial charge in [-0.1, -0.05) is 0 Å². The topological polar surface area (TPSA) is 47.6 Å². The van der Waals surface area contributed by atoms with Crippen LogP contribution in [-0.4, -0.2) is 32.6 Å². The predicted octanol–water partition coefficient (Wildman–Crippen LogP) is 2.38. The summed E-state index contributed by atoms with van der Waals surface area (Å²) in [5, 5.41) is 2.74. The van der Waals surface area contributed by atoms with Crippen molar-refractivity contribution in [2.45, 2.75) is 19.3 Å². The Hall–Kier alpha value is -1.42. The number of methoxy groups -OCH3 is 2. The Balaban J connectivity index is 2.38. The Labute approximate surface area is 119 Å².